The van der Waals surface area contributed by atoms with E-state index < -0.39 is 28.9 Å². The molecule has 6 nitrogen and oxygen atoms in total. The molecule has 1 aromatic rings. The molecule has 0 saturated heterocycles. The zero-order valence-electron chi connectivity index (χ0n) is 9.56. The Labute approximate surface area is 111 Å². The fourth-order valence-electron chi connectivity index (χ4n) is 1.40. The average Bonchev–Trinajstić information content (AvgIpc) is 2.35. The molecule has 0 aliphatic rings. The van der Waals surface area contributed by atoms with Gasteiger partial charge in [-0.2, -0.15) is 8.78 Å². The van der Waals surface area contributed by atoms with E-state index >= 15 is 0 Å². The second kappa shape index (κ2) is 6.28. The number of nitro benzene ring substituents is 1. The van der Waals surface area contributed by atoms with E-state index in [1.165, 1.54) is 0 Å². The van der Waals surface area contributed by atoms with Crippen molar-refractivity contribution in [2.75, 3.05) is 7.11 Å². The summed E-state index contributed by atoms with van der Waals surface area (Å²) in [5.41, 5.74) is -1.00. The molecule has 0 spiro atoms. The van der Waals surface area contributed by atoms with Gasteiger partial charge in [0.05, 0.1) is 35.1 Å². The van der Waals surface area contributed by atoms with Crippen LogP contribution in [0, 0.1) is 10.1 Å². The van der Waals surface area contributed by atoms with Crippen LogP contribution in [-0.2, 0) is 10.6 Å². The Morgan fingerprint density at radius 1 is 1.53 bits per heavy atom. The molecule has 0 radical (unpaired) electrons. The lowest BCUT2D eigenvalue weighted by Gasteiger charge is -2.10. The minimum Gasteiger partial charge on any atom is -0.465 e. The van der Waals surface area contributed by atoms with Gasteiger partial charge in [-0.05, 0) is 6.07 Å². The molecule has 19 heavy (non-hydrogen) atoms. The number of benzene rings is 1. The van der Waals surface area contributed by atoms with Crippen LogP contribution in [-0.4, -0.2) is 24.6 Å². The highest BCUT2D eigenvalue weighted by atomic mass is 35.5. The van der Waals surface area contributed by atoms with E-state index in [9.17, 15) is 23.7 Å². The lowest BCUT2D eigenvalue weighted by atomic mass is 10.1. The number of carbonyl (C=O) groups excluding carboxylic acids is 1. The van der Waals surface area contributed by atoms with Gasteiger partial charge >= 0.3 is 12.6 Å². The summed E-state index contributed by atoms with van der Waals surface area (Å²) < 4.78 is 32.7. The third kappa shape index (κ3) is 3.50. The third-order valence-electron chi connectivity index (χ3n) is 2.16. The number of nitro groups is 1. The maximum absolute atomic E-state index is 12.1. The van der Waals surface area contributed by atoms with Crippen LogP contribution in [0.2, 0.25) is 0 Å². The van der Waals surface area contributed by atoms with Gasteiger partial charge in [0.1, 0.15) is 5.75 Å². The summed E-state index contributed by atoms with van der Waals surface area (Å²) in [6.45, 7) is -3.17. The summed E-state index contributed by atoms with van der Waals surface area (Å²) in [5, 5.41) is 10.8. The second-order valence-electron chi connectivity index (χ2n) is 3.23. The first-order valence-corrected chi connectivity index (χ1v) is 5.34. The number of ether oxygens (including phenoxy) is 2. The molecule has 0 bridgehead atoms. The molecule has 0 amide bonds. The van der Waals surface area contributed by atoms with Crippen LogP contribution in [0.5, 0.6) is 5.75 Å². The summed E-state index contributed by atoms with van der Waals surface area (Å²) in [7, 11) is 1.05. The Kier molecular flexibility index (Phi) is 4.99. The number of hydrogen-bond acceptors (Lipinski definition) is 5. The quantitative estimate of drug-likeness (QED) is 0.361. The molecule has 0 heterocycles. The molecule has 0 fully saturated rings. The zero-order valence-corrected chi connectivity index (χ0v) is 10.3. The Morgan fingerprint density at radius 3 is 2.58 bits per heavy atom. The van der Waals surface area contributed by atoms with E-state index in [0.29, 0.717) is 0 Å². The molecule has 0 aromatic heterocycles. The average molecular weight is 296 g/mol. The predicted octanol–water partition coefficient (Wildman–Crippen LogP) is 2.72. The highest BCUT2D eigenvalue weighted by Gasteiger charge is 2.24. The molecular weight excluding hydrogens is 288 g/mol. The number of halogens is 3. The minimum atomic E-state index is -3.17. The van der Waals surface area contributed by atoms with Gasteiger partial charge in [-0.3, -0.25) is 10.1 Å². The van der Waals surface area contributed by atoms with Crippen LogP contribution in [0.4, 0.5) is 14.5 Å². The lowest BCUT2D eigenvalue weighted by molar-refractivity contribution is -0.385. The van der Waals surface area contributed by atoms with Crippen LogP contribution in [0.25, 0.3) is 0 Å². The van der Waals surface area contributed by atoms with Gasteiger partial charge in [0.2, 0.25) is 0 Å². The monoisotopic (exact) mass is 295 g/mol. The van der Waals surface area contributed by atoms with Crippen molar-refractivity contribution >= 4 is 23.3 Å². The van der Waals surface area contributed by atoms with Gasteiger partial charge in [0.25, 0.3) is 5.69 Å². The van der Waals surface area contributed by atoms with Gasteiger partial charge in [-0.15, -0.1) is 11.6 Å². The van der Waals surface area contributed by atoms with E-state index in [1.54, 1.807) is 0 Å². The normalized spacial score (nSPS) is 10.4. The Morgan fingerprint density at radius 2 is 2.16 bits per heavy atom. The molecule has 0 N–H and O–H groups in total. The molecule has 0 saturated carbocycles. The van der Waals surface area contributed by atoms with Crippen LogP contribution in [0.15, 0.2) is 12.1 Å². The number of alkyl halides is 3. The van der Waals surface area contributed by atoms with Crippen molar-refractivity contribution in [3.63, 3.8) is 0 Å². The van der Waals surface area contributed by atoms with Crippen LogP contribution in [0.1, 0.15) is 15.9 Å². The van der Waals surface area contributed by atoms with Crippen LogP contribution >= 0.6 is 11.6 Å². The number of esters is 1. The Bertz CT molecular complexity index is 509. The SMILES string of the molecule is COC(=O)c1cc(OC(F)F)cc([N+](=O)[O-])c1CCl. The van der Waals surface area contributed by atoms with E-state index in [4.69, 9.17) is 11.6 Å². The van der Waals surface area contributed by atoms with Crippen molar-refractivity contribution in [2.24, 2.45) is 0 Å². The number of hydrogen-bond donors (Lipinski definition) is 0. The van der Waals surface area contributed by atoms with Gasteiger partial charge in [0.15, 0.2) is 0 Å². The lowest BCUT2D eigenvalue weighted by Crippen LogP contribution is -2.10. The van der Waals surface area contributed by atoms with Crippen LogP contribution in [0.3, 0.4) is 0 Å². The molecule has 1 aromatic carbocycles. The number of nitrogens with zero attached hydrogens (tertiary/aromatic N) is 1. The molecule has 1 rings (SSSR count). The first-order chi connectivity index (χ1) is 8.90. The first-order valence-electron chi connectivity index (χ1n) is 4.81. The third-order valence-corrected chi connectivity index (χ3v) is 2.43. The molecule has 9 heteroatoms. The fraction of sp³-hybridized carbons (Fsp3) is 0.300. The van der Waals surface area contributed by atoms with Gasteiger partial charge < -0.3 is 9.47 Å². The van der Waals surface area contributed by atoms with E-state index in [-0.39, 0.29) is 17.0 Å². The second-order valence-corrected chi connectivity index (χ2v) is 3.50. The van der Waals surface area contributed by atoms with Crippen molar-refractivity contribution in [1.82, 2.24) is 0 Å². The molecule has 0 aliphatic heterocycles. The largest absolute Gasteiger partial charge is 0.465 e. The molecule has 0 unspecified atom stereocenters. The number of methoxy groups -OCH3 is 1. The molecule has 0 aliphatic carbocycles. The first kappa shape index (κ1) is 15.1. The maximum Gasteiger partial charge on any atom is 0.387 e. The molecule has 0 atom stereocenters. The van der Waals surface area contributed by atoms with E-state index in [2.05, 4.69) is 9.47 Å². The van der Waals surface area contributed by atoms with Crippen molar-refractivity contribution in [2.45, 2.75) is 12.5 Å². The number of carbonyl (C=O) groups is 1. The maximum atomic E-state index is 12.1. The minimum absolute atomic E-state index is 0.125. The Hall–Kier alpha value is -1.96. The Balaban J connectivity index is 3.44. The number of rotatable bonds is 5. The van der Waals surface area contributed by atoms with Crippen molar-refractivity contribution in [1.29, 1.82) is 0 Å². The van der Waals surface area contributed by atoms with Crippen molar-refractivity contribution < 1.29 is 28.0 Å². The summed E-state index contributed by atoms with van der Waals surface area (Å²) in [6, 6.07) is 1.69. The molecular formula is C10H8ClF2NO5. The summed E-state index contributed by atoms with van der Waals surface area (Å²) >= 11 is 5.54. The fourth-order valence-corrected chi connectivity index (χ4v) is 1.68. The van der Waals surface area contributed by atoms with Gasteiger partial charge in [-0.1, -0.05) is 0 Å². The zero-order chi connectivity index (χ0) is 14.6. The van der Waals surface area contributed by atoms with E-state index in [0.717, 1.165) is 19.2 Å². The highest BCUT2D eigenvalue weighted by Crippen LogP contribution is 2.31. The summed E-state index contributed by atoms with van der Waals surface area (Å²) in [4.78, 5) is 21.4. The molecule has 104 valence electrons. The summed E-state index contributed by atoms with van der Waals surface area (Å²) in [5.74, 6) is -1.80. The van der Waals surface area contributed by atoms with E-state index in [1.807, 2.05) is 0 Å². The topological polar surface area (TPSA) is 78.7 Å². The van der Waals surface area contributed by atoms with Gasteiger partial charge in [0, 0.05) is 0 Å². The smallest absolute Gasteiger partial charge is 0.387 e. The predicted molar refractivity (Wildman–Crippen MR) is 60.6 cm³/mol. The van der Waals surface area contributed by atoms with Crippen molar-refractivity contribution in [3.05, 3.63) is 33.4 Å². The summed E-state index contributed by atoms with van der Waals surface area (Å²) in [6.07, 6.45) is 0. The highest BCUT2D eigenvalue weighted by molar-refractivity contribution is 6.18. The standard InChI is InChI=1S/C10H8ClF2NO5/c1-18-9(15)6-2-5(19-10(12)13)3-8(14(16)17)7(6)4-11/h2-3,10H,4H2,1H3. The van der Waals surface area contributed by atoms with Crippen LogP contribution < -0.4 is 4.74 Å². The van der Waals surface area contributed by atoms with Gasteiger partial charge in [-0.25, -0.2) is 4.79 Å². The van der Waals surface area contributed by atoms with Crippen molar-refractivity contribution in [3.8, 4) is 5.75 Å².